The van der Waals surface area contributed by atoms with Gasteiger partial charge in [0.05, 0.1) is 9.37 Å². The first-order chi connectivity index (χ1) is 9.79. The molecule has 0 unspecified atom stereocenters. The van der Waals surface area contributed by atoms with Gasteiger partial charge in [0.25, 0.3) is 10.0 Å². The van der Waals surface area contributed by atoms with Crippen molar-refractivity contribution in [2.45, 2.75) is 24.7 Å². The van der Waals surface area contributed by atoms with Crippen molar-refractivity contribution in [2.24, 2.45) is 0 Å². The van der Waals surface area contributed by atoms with E-state index in [2.05, 4.69) is 34.5 Å². The SMILES string of the molecule is CC(C)c1ccc(NS(=O)(=O)c2ccc(Br)c(F)c2)cc1. The van der Waals surface area contributed by atoms with Gasteiger partial charge in [-0.3, -0.25) is 4.72 Å². The van der Waals surface area contributed by atoms with Gasteiger partial charge in [-0.25, -0.2) is 12.8 Å². The van der Waals surface area contributed by atoms with Crippen molar-refractivity contribution < 1.29 is 12.8 Å². The second kappa shape index (κ2) is 6.15. The van der Waals surface area contributed by atoms with Gasteiger partial charge in [-0.05, 0) is 57.7 Å². The Kier molecular flexibility index (Phi) is 4.68. The first kappa shape index (κ1) is 16.0. The topological polar surface area (TPSA) is 46.2 Å². The average molecular weight is 372 g/mol. The van der Waals surface area contributed by atoms with Crippen LogP contribution in [0.4, 0.5) is 10.1 Å². The maximum atomic E-state index is 13.5. The van der Waals surface area contributed by atoms with Crippen LogP contribution in [0.2, 0.25) is 0 Å². The Bertz CT molecular complexity index is 743. The van der Waals surface area contributed by atoms with Crippen LogP contribution < -0.4 is 4.72 Å². The highest BCUT2D eigenvalue weighted by Gasteiger charge is 2.16. The Balaban J connectivity index is 2.26. The van der Waals surface area contributed by atoms with E-state index in [1.165, 1.54) is 12.1 Å². The summed E-state index contributed by atoms with van der Waals surface area (Å²) in [5.74, 6) is -0.246. The molecule has 0 aromatic heterocycles. The summed E-state index contributed by atoms with van der Waals surface area (Å²) in [7, 11) is -3.80. The third-order valence-electron chi connectivity index (χ3n) is 3.03. The molecule has 2 rings (SSSR count). The third kappa shape index (κ3) is 3.83. The van der Waals surface area contributed by atoms with Crippen molar-refractivity contribution in [1.82, 2.24) is 0 Å². The van der Waals surface area contributed by atoms with E-state index in [0.717, 1.165) is 11.6 Å². The summed E-state index contributed by atoms with van der Waals surface area (Å²) in [6.45, 7) is 4.12. The predicted molar refractivity (Wildman–Crippen MR) is 85.4 cm³/mol. The molecule has 0 fully saturated rings. The molecule has 0 saturated heterocycles. The molecule has 0 aliphatic carbocycles. The standard InChI is InChI=1S/C15H15BrFNO2S/c1-10(2)11-3-5-12(6-4-11)18-21(19,20)13-7-8-14(16)15(17)9-13/h3-10,18H,1-2H3. The van der Waals surface area contributed by atoms with Crippen LogP contribution in [0.15, 0.2) is 51.8 Å². The fourth-order valence-electron chi connectivity index (χ4n) is 1.79. The van der Waals surface area contributed by atoms with Crippen LogP contribution in [0.5, 0.6) is 0 Å². The molecule has 2 aromatic carbocycles. The summed E-state index contributed by atoms with van der Waals surface area (Å²) >= 11 is 2.99. The minimum Gasteiger partial charge on any atom is -0.280 e. The van der Waals surface area contributed by atoms with Crippen molar-refractivity contribution in [1.29, 1.82) is 0 Å². The van der Waals surface area contributed by atoms with Crippen molar-refractivity contribution >= 4 is 31.6 Å². The molecule has 21 heavy (non-hydrogen) atoms. The minimum absolute atomic E-state index is 0.115. The van der Waals surface area contributed by atoms with Crippen molar-refractivity contribution in [2.75, 3.05) is 4.72 Å². The molecule has 3 nitrogen and oxygen atoms in total. The summed E-state index contributed by atoms with van der Waals surface area (Å²) < 4.78 is 40.5. The molecule has 112 valence electrons. The monoisotopic (exact) mass is 371 g/mol. The average Bonchev–Trinajstić information content (AvgIpc) is 2.42. The number of anilines is 1. The Labute approximate surface area is 132 Å². The van der Waals surface area contributed by atoms with E-state index in [-0.39, 0.29) is 9.37 Å². The molecule has 2 aromatic rings. The van der Waals surface area contributed by atoms with Crippen LogP contribution in [0.25, 0.3) is 0 Å². The highest BCUT2D eigenvalue weighted by atomic mass is 79.9. The van der Waals surface area contributed by atoms with Gasteiger partial charge in [0.1, 0.15) is 5.82 Å². The molecule has 0 radical (unpaired) electrons. The summed E-state index contributed by atoms with van der Waals surface area (Å²) in [5, 5.41) is 0. The summed E-state index contributed by atoms with van der Waals surface area (Å²) in [6.07, 6.45) is 0. The van der Waals surface area contributed by atoms with Gasteiger partial charge in [0, 0.05) is 5.69 Å². The smallest absolute Gasteiger partial charge is 0.261 e. The molecular weight excluding hydrogens is 357 g/mol. The highest BCUT2D eigenvalue weighted by molar-refractivity contribution is 9.10. The molecule has 0 atom stereocenters. The van der Waals surface area contributed by atoms with Crippen LogP contribution in [0, 0.1) is 5.82 Å². The molecule has 0 aliphatic heterocycles. The van der Waals surface area contributed by atoms with E-state index in [4.69, 9.17) is 0 Å². The largest absolute Gasteiger partial charge is 0.280 e. The first-order valence-electron chi connectivity index (χ1n) is 6.37. The number of sulfonamides is 1. The van der Waals surface area contributed by atoms with E-state index in [0.29, 0.717) is 11.6 Å². The van der Waals surface area contributed by atoms with Crippen LogP contribution >= 0.6 is 15.9 Å². The minimum atomic E-state index is -3.80. The Hall–Kier alpha value is -1.40. The fraction of sp³-hybridized carbons (Fsp3) is 0.200. The number of halogens is 2. The second-order valence-corrected chi connectivity index (χ2v) is 7.49. The molecule has 0 aliphatic rings. The van der Waals surface area contributed by atoms with Gasteiger partial charge in [-0.1, -0.05) is 26.0 Å². The van der Waals surface area contributed by atoms with Crippen molar-refractivity contribution in [3.63, 3.8) is 0 Å². The molecule has 0 saturated carbocycles. The lowest BCUT2D eigenvalue weighted by atomic mass is 10.0. The number of rotatable bonds is 4. The maximum absolute atomic E-state index is 13.5. The third-order valence-corrected chi connectivity index (χ3v) is 5.05. The van der Waals surface area contributed by atoms with Crippen molar-refractivity contribution in [3.8, 4) is 0 Å². The Morgan fingerprint density at radius 3 is 2.24 bits per heavy atom. The van der Waals surface area contributed by atoms with Crippen LogP contribution in [0.3, 0.4) is 0 Å². The lowest BCUT2D eigenvalue weighted by Crippen LogP contribution is -2.13. The zero-order valence-corrected chi connectivity index (χ0v) is 14.0. The number of hydrogen-bond donors (Lipinski definition) is 1. The number of benzene rings is 2. The van der Waals surface area contributed by atoms with E-state index in [9.17, 15) is 12.8 Å². The molecule has 0 heterocycles. The van der Waals surface area contributed by atoms with Gasteiger partial charge in [0.2, 0.25) is 0 Å². The Morgan fingerprint density at radius 2 is 1.71 bits per heavy atom. The van der Waals surface area contributed by atoms with Crippen LogP contribution in [0.1, 0.15) is 25.3 Å². The molecule has 1 N–H and O–H groups in total. The number of nitrogens with one attached hydrogen (secondary N) is 1. The molecular formula is C15H15BrFNO2S. The van der Waals surface area contributed by atoms with Crippen LogP contribution in [-0.4, -0.2) is 8.42 Å². The van der Waals surface area contributed by atoms with E-state index < -0.39 is 15.8 Å². The van der Waals surface area contributed by atoms with Crippen LogP contribution in [-0.2, 0) is 10.0 Å². The van der Waals surface area contributed by atoms with Gasteiger partial charge in [0.15, 0.2) is 0 Å². The molecule has 0 bridgehead atoms. The van der Waals surface area contributed by atoms with E-state index >= 15 is 0 Å². The molecule has 0 spiro atoms. The zero-order chi connectivity index (χ0) is 15.6. The van der Waals surface area contributed by atoms with E-state index in [1.807, 2.05) is 12.1 Å². The molecule has 0 amide bonds. The van der Waals surface area contributed by atoms with Gasteiger partial charge in [-0.15, -0.1) is 0 Å². The maximum Gasteiger partial charge on any atom is 0.261 e. The van der Waals surface area contributed by atoms with Crippen molar-refractivity contribution in [3.05, 3.63) is 58.3 Å². The summed E-state index contributed by atoms with van der Waals surface area (Å²) in [5.41, 5.74) is 1.57. The van der Waals surface area contributed by atoms with Gasteiger partial charge >= 0.3 is 0 Å². The fourth-order valence-corrected chi connectivity index (χ4v) is 3.11. The second-order valence-electron chi connectivity index (χ2n) is 4.96. The lowest BCUT2D eigenvalue weighted by Gasteiger charge is -2.10. The first-order valence-corrected chi connectivity index (χ1v) is 8.65. The highest BCUT2D eigenvalue weighted by Crippen LogP contribution is 2.23. The Morgan fingerprint density at radius 1 is 1.10 bits per heavy atom. The molecule has 6 heteroatoms. The number of hydrogen-bond acceptors (Lipinski definition) is 2. The van der Waals surface area contributed by atoms with Gasteiger partial charge in [-0.2, -0.15) is 0 Å². The summed E-state index contributed by atoms with van der Waals surface area (Å²) in [6, 6.07) is 10.8. The normalized spacial score (nSPS) is 11.7. The zero-order valence-electron chi connectivity index (χ0n) is 11.6. The summed E-state index contributed by atoms with van der Waals surface area (Å²) in [4.78, 5) is -0.115. The predicted octanol–water partition coefficient (Wildman–Crippen LogP) is 4.51. The van der Waals surface area contributed by atoms with E-state index in [1.54, 1.807) is 12.1 Å². The lowest BCUT2D eigenvalue weighted by molar-refractivity contribution is 0.593. The van der Waals surface area contributed by atoms with Gasteiger partial charge < -0.3 is 0 Å². The quantitative estimate of drug-likeness (QED) is 0.858.